The second-order valence-electron chi connectivity index (χ2n) is 4.40. The maximum atomic E-state index is 13.8. The number of nitrogens with two attached hydrogens (primary N) is 1. The zero-order valence-electron chi connectivity index (χ0n) is 11.1. The maximum Gasteiger partial charge on any atom is 0.130 e. The van der Waals surface area contributed by atoms with Crippen molar-refractivity contribution in [2.75, 3.05) is 19.6 Å². The lowest BCUT2D eigenvalue weighted by Crippen LogP contribution is -2.35. The van der Waals surface area contributed by atoms with E-state index in [-0.39, 0.29) is 6.04 Å². The highest BCUT2D eigenvalue weighted by Gasteiger charge is 2.20. The van der Waals surface area contributed by atoms with Crippen molar-refractivity contribution >= 4 is 0 Å². The molecule has 4 heteroatoms. The van der Waals surface area contributed by atoms with Crippen LogP contribution in [0, 0.1) is 11.6 Å². The van der Waals surface area contributed by atoms with E-state index in [2.05, 4.69) is 11.8 Å². The summed E-state index contributed by atoms with van der Waals surface area (Å²) in [5.74, 6) is -1.07. The summed E-state index contributed by atoms with van der Waals surface area (Å²) in [7, 11) is 0. The summed E-state index contributed by atoms with van der Waals surface area (Å²) in [5.41, 5.74) is 6.24. The fourth-order valence-electron chi connectivity index (χ4n) is 2.14. The van der Waals surface area contributed by atoms with Crippen LogP contribution in [0.2, 0.25) is 0 Å². The molecule has 0 heterocycles. The van der Waals surface area contributed by atoms with Gasteiger partial charge in [0.25, 0.3) is 0 Å². The fraction of sp³-hybridized carbons (Fsp3) is 0.571. The normalized spacial score (nSPS) is 13.0. The third-order valence-corrected chi connectivity index (χ3v) is 3.19. The predicted molar refractivity (Wildman–Crippen MR) is 70.3 cm³/mol. The van der Waals surface area contributed by atoms with Crippen molar-refractivity contribution in [3.05, 3.63) is 35.4 Å². The molecule has 0 saturated heterocycles. The molecule has 0 aliphatic carbocycles. The molecule has 1 aromatic carbocycles. The second kappa shape index (κ2) is 7.44. The molecule has 0 fully saturated rings. The Morgan fingerprint density at radius 1 is 1.28 bits per heavy atom. The molecule has 18 heavy (non-hydrogen) atoms. The van der Waals surface area contributed by atoms with Crippen LogP contribution in [0.4, 0.5) is 8.78 Å². The maximum absolute atomic E-state index is 13.8. The van der Waals surface area contributed by atoms with Crippen molar-refractivity contribution in [3.63, 3.8) is 0 Å². The van der Waals surface area contributed by atoms with Crippen LogP contribution in [0.5, 0.6) is 0 Å². The van der Waals surface area contributed by atoms with Crippen LogP contribution in [0.1, 0.15) is 38.3 Å². The predicted octanol–water partition coefficient (Wildman–Crippen LogP) is 3.09. The van der Waals surface area contributed by atoms with Crippen molar-refractivity contribution in [1.82, 2.24) is 4.90 Å². The molecule has 1 aromatic rings. The van der Waals surface area contributed by atoms with E-state index in [0.29, 0.717) is 12.1 Å². The molecule has 0 saturated carbocycles. The molecular formula is C14H22F2N2. The third kappa shape index (κ3) is 3.75. The van der Waals surface area contributed by atoms with Gasteiger partial charge in [0.15, 0.2) is 0 Å². The Hall–Kier alpha value is -1.00. The van der Waals surface area contributed by atoms with E-state index < -0.39 is 11.6 Å². The van der Waals surface area contributed by atoms with Gasteiger partial charge in [-0.15, -0.1) is 0 Å². The minimum atomic E-state index is -0.552. The highest BCUT2D eigenvalue weighted by atomic mass is 19.1. The molecule has 2 nitrogen and oxygen atoms in total. The van der Waals surface area contributed by atoms with Crippen LogP contribution in [-0.2, 0) is 0 Å². The number of hydrogen-bond acceptors (Lipinski definition) is 2. The largest absolute Gasteiger partial charge is 0.329 e. The summed E-state index contributed by atoms with van der Waals surface area (Å²) < 4.78 is 26.7. The number of nitrogens with zero attached hydrogens (tertiary/aromatic N) is 1. The quantitative estimate of drug-likeness (QED) is 0.812. The van der Waals surface area contributed by atoms with Crippen molar-refractivity contribution in [2.24, 2.45) is 5.73 Å². The molecule has 0 bridgehead atoms. The number of hydrogen-bond donors (Lipinski definition) is 1. The van der Waals surface area contributed by atoms with Crippen LogP contribution in [-0.4, -0.2) is 24.5 Å². The van der Waals surface area contributed by atoms with Gasteiger partial charge in [-0.3, -0.25) is 4.90 Å². The Kier molecular flexibility index (Phi) is 6.22. The number of rotatable bonds is 7. The van der Waals surface area contributed by atoms with Crippen LogP contribution in [0.15, 0.2) is 18.2 Å². The van der Waals surface area contributed by atoms with Gasteiger partial charge in [0, 0.05) is 24.2 Å². The van der Waals surface area contributed by atoms with E-state index in [1.807, 2.05) is 6.92 Å². The first kappa shape index (κ1) is 15.1. The highest BCUT2D eigenvalue weighted by Crippen LogP contribution is 2.23. The van der Waals surface area contributed by atoms with Gasteiger partial charge >= 0.3 is 0 Å². The van der Waals surface area contributed by atoms with E-state index in [0.717, 1.165) is 32.0 Å². The standard InChI is InChI=1S/C14H22F2N2/c1-3-5-8-18(4-2)14(10-17)12-7-6-11(15)9-13(12)16/h6-7,9,14H,3-5,8,10,17H2,1-2H3. The van der Waals surface area contributed by atoms with E-state index >= 15 is 0 Å². The lowest BCUT2D eigenvalue weighted by molar-refractivity contribution is 0.205. The Morgan fingerprint density at radius 2 is 2.00 bits per heavy atom. The topological polar surface area (TPSA) is 29.3 Å². The molecule has 0 aliphatic rings. The lowest BCUT2D eigenvalue weighted by atomic mass is 10.0. The van der Waals surface area contributed by atoms with Gasteiger partial charge < -0.3 is 5.73 Å². The summed E-state index contributed by atoms with van der Waals surface area (Å²) in [4.78, 5) is 2.14. The van der Waals surface area contributed by atoms with Crippen molar-refractivity contribution in [1.29, 1.82) is 0 Å². The molecule has 0 aromatic heterocycles. The van der Waals surface area contributed by atoms with Crippen LogP contribution < -0.4 is 5.73 Å². The molecule has 0 amide bonds. The number of likely N-dealkylation sites (N-methyl/N-ethyl adjacent to an activating group) is 1. The average Bonchev–Trinajstić information content (AvgIpc) is 2.36. The fourth-order valence-corrected chi connectivity index (χ4v) is 2.14. The van der Waals surface area contributed by atoms with Crippen molar-refractivity contribution < 1.29 is 8.78 Å². The van der Waals surface area contributed by atoms with Gasteiger partial charge in [-0.25, -0.2) is 8.78 Å². The molecule has 1 rings (SSSR count). The van der Waals surface area contributed by atoms with Crippen LogP contribution in [0.25, 0.3) is 0 Å². The van der Waals surface area contributed by atoms with Gasteiger partial charge in [0.05, 0.1) is 0 Å². The minimum Gasteiger partial charge on any atom is -0.329 e. The lowest BCUT2D eigenvalue weighted by Gasteiger charge is -2.30. The Balaban J connectivity index is 2.92. The zero-order valence-corrected chi connectivity index (χ0v) is 11.1. The monoisotopic (exact) mass is 256 g/mol. The highest BCUT2D eigenvalue weighted by molar-refractivity contribution is 5.22. The summed E-state index contributed by atoms with van der Waals surface area (Å²) in [6.07, 6.45) is 2.13. The zero-order chi connectivity index (χ0) is 13.5. The number of unbranched alkanes of at least 4 members (excludes halogenated alkanes) is 1. The van der Waals surface area contributed by atoms with E-state index in [4.69, 9.17) is 5.73 Å². The molecular weight excluding hydrogens is 234 g/mol. The van der Waals surface area contributed by atoms with Crippen molar-refractivity contribution in [3.8, 4) is 0 Å². The minimum absolute atomic E-state index is 0.179. The molecule has 1 atom stereocenters. The van der Waals surface area contributed by atoms with Gasteiger partial charge in [-0.05, 0) is 25.6 Å². The summed E-state index contributed by atoms with van der Waals surface area (Å²) >= 11 is 0. The molecule has 0 spiro atoms. The molecule has 102 valence electrons. The smallest absolute Gasteiger partial charge is 0.130 e. The van der Waals surface area contributed by atoms with Gasteiger partial charge in [0.2, 0.25) is 0 Å². The first-order valence-corrected chi connectivity index (χ1v) is 6.53. The third-order valence-electron chi connectivity index (χ3n) is 3.19. The SMILES string of the molecule is CCCCN(CC)C(CN)c1ccc(F)cc1F. The van der Waals surface area contributed by atoms with Crippen molar-refractivity contribution in [2.45, 2.75) is 32.7 Å². The summed E-state index contributed by atoms with van der Waals surface area (Å²) in [5, 5.41) is 0. The first-order valence-electron chi connectivity index (χ1n) is 6.53. The van der Waals surface area contributed by atoms with E-state index in [9.17, 15) is 8.78 Å². The van der Waals surface area contributed by atoms with Crippen LogP contribution >= 0.6 is 0 Å². The molecule has 0 aliphatic heterocycles. The summed E-state index contributed by atoms with van der Waals surface area (Å²) in [6.45, 7) is 6.16. The molecule has 0 radical (unpaired) electrons. The number of benzene rings is 1. The van der Waals surface area contributed by atoms with Gasteiger partial charge in [-0.2, -0.15) is 0 Å². The Labute approximate surface area is 108 Å². The first-order chi connectivity index (χ1) is 8.63. The van der Waals surface area contributed by atoms with E-state index in [1.165, 1.54) is 12.1 Å². The number of halogens is 2. The molecule has 2 N–H and O–H groups in total. The average molecular weight is 256 g/mol. The van der Waals surface area contributed by atoms with Gasteiger partial charge in [0.1, 0.15) is 11.6 Å². The van der Waals surface area contributed by atoms with Crippen LogP contribution in [0.3, 0.4) is 0 Å². The Morgan fingerprint density at radius 3 is 2.50 bits per heavy atom. The summed E-state index contributed by atoms with van der Waals surface area (Å²) in [6, 6.07) is 3.53. The van der Waals surface area contributed by atoms with E-state index in [1.54, 1.807) is 0 Å². The van der Waals surface area contributed by atoms with Gasteiger partial charge in [-0.1, -0.05) is 26.3 Å². The Bertz CT molecular complexity index is 369. The molecule has 1 unspecified atom stereocenters. The second-order valence-corrected chi connectivity index (χ2v) is 4.40.